The van der Waals surface area contributed by atoms with Crippen LogP contribution >= 0.6 is 11.6 Å². The fraction of sp³-hybridized carbons (Fsp3) is 0.222. The lowest BCUT2D eigenvalue weighted by atomic mass is 9.76. The first-order valence-electron chi connectivity index (χ1n) is 11.4. The molecule has 3 aromatic rings. The first-order valence-corrected chi connectivity index (χ1v) is 11.7. The second-order valence-corrected chi connectivity index (χ2v) is 9.25. The van der Waals surface area contributed by atoms with Gasteiger partial charge in [-0.25, -0.2) is 9.59 Å². The minimum absolute atomic E-state index is 0.0669. The number of fused-ring (bicyclic) bond motifs is 3. The van der Waals surface area contributed by atoms with Crippen molar-refractivity contribution in [2.24, 2.45) is 0 Å². The number of halogens is 1. The number of ether oxygens (including phenoxy) is 1. The predicted octanol–water partition coefficient (Wildman–Crippen LogP) is 5.44. The number of hydrogen-bond donors (Lipinski definition) is 3. The molecule has 0 atom stereocenters. The second-order valence-electron chi connectivity index (χ2n) is 8.84. The molecule has 1 fully saturated rings. The third-order valence-corrected chi connectivity index (χ3v) is 7.09. The lowest BCUT2D eigenvalue weighted by molar-refractivity contribution is -0.148. The highest BCUT2D eigenvalue weighted by atomic mass is 35.5. The number of aliphatic carboxylic acids is 1. The SMILES string of the molecule is O=C(Nc1ccc(C(=O)NC2(C(=O)O)CCC2)cc1Cl)OCC1c2ccccc2-c2ccccc21. The van der Waals surface area contributed by atoms with Crippen molar-refractivity contribution in [3.8, 4) is 11.1 Å². The summed E-state index contributed by atoms with van der Waals surface area (Å²) in [6.45, 7) is 0.162. The van der Waals surface area contributed by atoms with Crippen LogP contribution in [0.25, 0.3) is 11.1 Å². The van der Waals surface area contributed by atoms with Crippen LogP contribution in [0.15, 0.2) is 66.7 Å². The number of hydrogen-bond acceptors (Lipinski definition) is 4. The highest BCUT2D eigenvalue weighted by molar-refractivity contribution is 6.34. The van der Waals surface area contributed by atoms with E-state index in [9.17, 15) is 19.5 Å². The molecule has 0 radical (unpaired) electrons. The zero-order valence-corrected chi connectivity index (χ0v) is 19.5. The van der Waals surface area contributed by atoms with Crippen LogP contribution in [0.2, 0.25) is 5.02 Å². The van der Waals surface area contributed by atoms with Crippen LogP contribution in [-0.2, 0) is 9.53 Å². The summed E-state index contributed by atoms with van der Waals surface area (Å²) in [6, 6.07) is 20.5. The zero-order valence-electron chi connectivity index (χ0n) is 18.7. The molecule has 0 aliphatic heterocycles. The summed E-state index contributed by atoms with van der Waals surface area (Å²) < 4.78 is 5.54. The molecule has 0 spiro atoms. The van der Waals surface area contributed by atoms with E-state index in [0.717, 1.165) is 28.7 Å². The van der Waals surface area contributed by atoms with Crippen molar-refractivity contribution >= 4 is 35.3 Å². The summed E-state index contributed by atoms with van der Waals surface area (Å²) in [5.41, 5.74) is 3.78. The molecule has 7 nitrogen and oxygen atoms in total. The van der Waals surface area contributed by atoms with Gasteiger partial charge in [-0.15, -0.1) is 0 Å². The second kappa shape index (κ2) is 9.07. The Labute approximate surface area is 207 Å². The number of carbonyl (C=O) groups excluding carboxylic acids is 2. The number of carbonyl (C=O) groups is 3. The minimum atomic E-state index is -1.22. The molecule has 8 heteroatoms. The molecule has 2 aliphatic carbocycles. The lowest BCUT2D eigenvalue weighted by Crippen LogP contribution is -2.59. The maximum absolute atomic E-state index is 12.5. The monoisotopic (exact) mass is 490 g/mol. The third kappa shape index (κ3) is 4.23. The van der Waals surface area contributed by atoms with E-state index < -0.39 is 23.5 Å². The number of carboxylic acid groups (broad SMARTS) is 1. The Bertz CT molecular complexity index is 1290. The fourth-order valence-electron chi connectivity index (χ4n) is 4.71. The van der Waals surface area contributed by atoms with Crippen molar-refractivity contribution in [3.05, 3.63) is 88.4 Å². The Balaban J connectivity index is 1.23. The van der Waals surface area contributed by atoms with Crippen LogP contribution in [0.4, 0.5) is 10.5 Å². The first-order chi connectivity index (χ1) is 16.9. The van der Waals surface area contributed by atoms with Gasteiger partial charge in [-0.2, -0.15) is 0 Å². The van der Waals surface area contributed by atoms with Gasteiger partial charge >= 0.3 is 12.1 Å². The van der Waals surface area contributed by atoms with Crippen molar-refractivity contribution in [2.45, 2.75) is 30.7 Å². The number of benzene rings is 3. The molecule has 0 unspecified atom stereocenters. The Morgan fingerprint density at radius 1 is 0.971 bits per heavy atom. The molecular formula is C27H23ClN2O5. The Morgan fingerprint density at radius 3 is 2.14 bits per heavy atom. The number of nitrogens with one attached hydrogen (secondary N) is 2. The van der Waals surface area contributed by atoms with Gasteiger partial charge in [-0.05, 0) is 59.7 Å². The summed E-state index contributed by atoms with van der Waals surface area (Å²) in [5, 5.41) is 14.8. The van der Waals surface area contributed by atoms with E-state index >= 15 is 0 Å². The van der Waals surface area contributed by atoms with Crippen molar-refractivity contribution in [2.75, 3.05) is 11.9 Å². The molecule has 0 saturated heterocycles. The van der Waals surface area contributed by atoms with Crippen LogP contribution < -0.4 is 10.6 Å². The van der Waals surface area contributed by atoms with Crippen molar-refractivity contribution in [1.29, 1.82) is 0 Å². The van der Waals surface area contributed by atoms with Crippen molar-refractivity contribution < 1.29 is 24.2 Å². The van der Waals surface area contributed by atoms with Gasteiger partial charge in [0.2, 0.25) is 0 Å². The Kier molecular flexibility index (Phi) is 5.94. The van der Waals surface area contributed by atoms with Gasteiger partial charge in [0.15, 0.2) is 0 Å². The zero-order chi connectivity index (χ0) is 24.6. The third-order valence-electron chi connectivity index (χ3n) is 6.78. The molecule has 0 aromatic heterocycles. The summed E-state index contributed by atoms with van der Waals surface area (Å²) in [5.74, 6) is -1.64. The molecule has 0 bridgehead atoms. The summed E-state index contributed by atoms with van der Waals surface area (Å²) in [6.07, 6.45) is 0.869. The standard InChI is InChI=1S/C27H23ClN2O5/c28-22-14-16(24(31)30-27(25(32)33)12-5-13-27)10-11-23(22)29-26(34)35-15-21-19-8-3-1-6-17(19)18-7-2-4-9-20(18)21/h1-4,6-11,14,21H,5,12-13,15H2,(H,29,34)(H,30,31)(H,32,33). The number of carboxylic acids is 1. The van der Waals surface area contributed by atoms with E-state index in [-0.39, 0.29) is 28.8 Å². The normalized spacial score (nSPS) is 15.3. The molecular weight excluding hydrogens is 468 g/mol. The average molecular weight is 491 g/mol. The molecule has 2 amide bonds. The van der Waals surface area contributed by atoms with Crippen LogP contribution in [-0.4, -0.2) is 35.2 Å². The van der Waals surface area contributed by atoms with Crippen molar-refractivity contribution in [1.82, 2.24) is 5.32 Å². The molecule has 1 saturated carbocycles. The molecule has 178 valence electrons. The highest BCUT2D eigenvalue weighted by Gasteiger charge is 2.45. The average Bonchev–Trinajstić information content (AvgIpc) is 3.14. The molecule has 3 N–H and O–H groups in total. The molecule has 2 aliphatic rings. The van der Waals surface area contributed by atoms with Crippen LogP contribution in [0.3, 0.4) is 0 Å². The topological polar surface area (TPSA) is 105 Å². The van der Waals surface area contributed by atoms with Crippen LogP contribution in [0.1, 0.15) is 46.7 Å². The maximum atomic E-state index is 12.5. The van der Waals surface area contributed by atoms with Crippen LogP contribution in [0, 0.1) is 0 Å². The minimum Gasteiger partial charge on any atom is -0.480 e. The first kappa shape index (κ1) is 22.9. The van der Waals surface area contributed by atoms with Gasteiger partial charge in [-0.3, -0.25) is 10.1 Å². The largest absolute Gasteiger partial charge is 0.480 e. The van der Waals surface area contributed by atoms with Crippen molar-refractivity contribution in [3.63, 3.8) is 0 Å². The van der Waals surface area contributed by atoms with E-state index in [1.807, 2.05) is 36.4 Å². The smallest absolute Gasteiger partial charge is 0.411 e. The Hall–Kier alpha value is -3.84. The quantitative estimate of drug-likeness (QED) is 0.427. The van der Waals surface area contributed by atoms with Gasteiger partial charge in [0.05, 0.1) is 10.7 Å². The van der Waals surface area contributed by atoms with E-state index in [1.54, 1.807) is 0 Å². The number of amides is 2. The van der Waals surface area contributed by atoms with Gasteiger partial charge in [0.25, 0.3) is 5.91 Å². The summed E-state index contributed by atoms with van der Waals surface area (Å²) in [7, 11) is 0. The number of anilines is 1. The predicted molar refractivity (Wildman–Crippen MR) is 132 cm³/mol. The van der Waals surface area contributed by atoms with Gasteiger partial charge in [0.1, 0.15) is 12.1 Å². The lowest BCUT2D eigenvalue weighted by Gasteiger charge is -2.38. The maximum Gasteiger partial charge on any atom is 0.411 e. The van der Waals surface area contributed by atoms with E-state index in [2.05, 4.69) is 22.8 Å². The summed E-state index contributed by atoms with van der Waals surface area (Å²) >= 11 is 6.29. The molecule has 3 aromatic carbocycles. The van der Waals surface area contributed by atoms with Gasteiger partial charge in [0, 0.05) is 11.5 Å². The molecule has 35 heavy (non-hydrogen) atoms. The highest BCUT2D eigenvalue weighted by Crippen LogP contribution is 2.44. The van der Waals surface area contributed by atoms with Crippen LogP contribution in [0.5, 0.6) is 0 Å². The number of rotatable bonds is 6. The molecule has 5 rings (SSSR count). The fourth-order valence-corrected chi connectivity index (χ4v) is 4.94. The van der Waals surface area contributed by atoms with E-state index in [0.29, 0.717) is 12.8 Å². The van der Waals surface area contributed by atoms with Gasteiger partial charge < -0.3 is 15.2 Å². The van der Waals surface area contributed by atoms with Gasteiger partial charge in [-0.1, -0.05) is 60.1 Å². The van der Waals surface area contributed by atoms with E-state index in [4.69, 9.17) is 16.3 Å². The van der Waals surface area contributed by atoms with E-state index in [1.165, 1.54) is 18.2 Å². The summed E-state index contributed by atoms with van der Waals surface area (Å²) in [4.78, 5) is 36.6. The Morgan fingerprint density at radius 2 is 1.60 bits per heavy atom. The molecule has 0 heterocycles.